The Morgan fingerprint density at radius 3 is 2.77 bits per heavy atom. The smallest absolute Gasteiger partial charge is 0.297 e. The number of azide groups is 1. The molecule has 9 heteroatoms. The Balaban J connectivity index is 2.07. The summed E-state index contributed by atoms with van der Waals surface area (Å²) in [5.74, 6) is 0. The number of hydrogen-bond acceptors (Lipinski definition) is 5. The first-order chi connectivity index (χ1) is 10.4. The van der Waals surface area contributed by atoms with Crippen molar-refractivity contribution in [3.8, 4) is 0 Å². The van der Waals surface area contributed by atoms with Gasteiger partial charge < -0.3 is 4.74 Å². The van der Waals surface area contributed by atoms with Crippen LogP contribution >= 0.6 is 0 Å². The Labute approximate surface area is 127 Å². The summed E-state index contributed by atoms with van der Waals surface area (Å²) in [6, 6.07) is 5.05. The van der Waals surface area contributed by atoms with Crippen LogP contribution in [-0.4, -0.2) is 39.9 Å². The molecule has 1 fully saturated rings. The number of hydrogen-bond donors (Lipinski definition) is 0. The van der Waals surface area contributed by atoms with Crippen molar-refractivity contribution in [3.05, 3.63) is 40.3 Å². The predicted octanol–water partition coefficient (Wildman–Crippen LogP) is 2.51. The van der Waals surface area contributed by atoms with Gasteiger partial charge in [0.2, 0.25) is 0 Å². The van der Waals surface area contributed by atoms with Gasteiger partial charge in [-0.25, -0.2) is 4.39 Å². The van der Waals surface area contributed by atoms with Crippen LogP contribution in [0.1, 0.15) is 12.0 Å². The normalized spacial score (nSPS) is 25.5. The minimum atomic E-state index is -3.97. The molecule has 2 rings (SSSR count). The average molecular weight is 329 g/mol. The maximum absolute atomic E-state index is 13.7. The molecule has 7 nitrogen and oxygen atoms in total. The van der Waals surface area contributed by atoms with Crippen LogP contribution in [0.15, 0.2) is 34.3 Å². The van der Waals surface area contributed by atoms with Crippen molar-refractivity contribution in [2.75, 3.05) is 13.2 Å². The lowest BCUT2D eigenvalue weighted by Crippen LogP contribution is -2.44. The zero-order valence-corrected chi connectivity index (χ0v) is 12.7. The van der Waals surface area contributed by atoms with E-state index in [1.165, 1.54) is 12.1 Å². The highest BCUT2D eigenvalue weighted by atomic mass is 32.2. The number of alkyl halides is 1. The molecular formula is C13H16FN3O4S. The van der Waals surface area contributed by atoms with Gasteiger partial charge in [0, 0.05) is 17.9 Å². The first kappa shape index (κ1) is 16.7. The molecule has 0 amide bonds. The Kier molecular flexibility index (Phi) is 5.36. The summed E-state index contributed by atoms with van der Waals surface area (Å²) < 4.78 is 48.0. The van der Waals surface area contributed by atoms with Crippen molar-refractivity contribution in [1.29, 1.82) is 0 Å². The highest BCUT2D eigenvalue weighted by molar-refractivity contribution is 7.86. The van der Waals surface area contributed by atoms with Crippen molar-refractivity contribution in [1.82, 2.24) is 0 Å². The summed E-state index contributed by atoms with van der Waals surface area (Å²) >= 11 is 0. The van der Waals surface area contributed by atoms with Crippen LogP contribution in [0.2, 0.25) is 0 Å². The third-order valence-corrected chi connectivity index (χ3v) is 4.66. The lowest BCUT2D eigenvalue weighted by molar-refractivity contribution is -0.0528. The molecule has 1 aromatic rings. The van der Waals surface area contributed by atoms with Crippen molar-refractivity contribution in [2.45, 2.75) is 36.6 Å². The highest BCUT2D eigenvalue weighted by Crippen LogP contribution is 2.23. The quantitative estimate of drug-likeness (QED) is 0.358. The molecule has 0 N–H and O–H groups in total. The van der Waals surface area contributed by atoms with Gasteiger partial charge in [0.1, 0.15) is 6.17 Å². The molecule has 1 aromatic carbocycles. The second-order valence-electron chi connectivity index (χ2n) is 4.96. The number of rotatable bonds is 5. The van der Waals surface area contributed by atoms with Crippen LogP contribution in [0.5, 0.6) is 0 Å². The summed E-state index contributed by atoms with van der Waals surface area (Å²) in [6.07, 6.45) is -2.20. The molecule has 1 heterocycles. The monoisotopic (exact) mass is 329 g/mol. The molecule has 3 atom stereocenters. The Bertz CT molecular complexity index is 658. The van der Waals surface area contributed by atoms with Crippen molar-refractivity contribution in [3.63, 3.8) is 0 Å². The molecule has 0 aliphatic carbocycles. The standard InChI is InChI=1S/C13H16FN3O4S/c1-9-2-4-10(5-3-9)22(18,19)21-8-12-13(16-17-15)11(14)6-7-20-12/h2-5,11-13H,6-8H2,1H3/t11-,12+,13+/m0/s1. The maximum Gasteiger partial charge on any atom is 0.297 e. The van der Waals surface area contributed by atoms with E-state index < -0.39 is 35.0 Å². The minimum absolute atomic E-state index is 0.00559. The van der Waals surface area contributed by atoms with Crippen LogP contribution in [0, 0.1) is 6.92 Å². The van der Waals surface area contributed by atoms with Crippen LogP contribution < -0.4 is 0 Å². The van der Waals surface area contributed by atoms with Gasteiger partial charge in [-0.1, -0.05) is 22.8 Å². The number of benzene rings is 1. The first-order valence-corrected chi connectivity index (χ1v) is 8.11. The summed E-state index contributed by atoms with van der Waals surface area (Å²) in [6.45, 7) is 1.55. The zero-order chi connectivity index (χ0) is 16.2. The second kappa shape index (κ2) is 7.06. The largest absolute Gasteiger partial charge is 0.375 e. The average Bonchev–Trinajstić information content (AvgIpc) is 2.48. The fourth-order valence-corrected chi connectivity index (χ4v) is 3.04. The van der Waals surface area contributed by atoms with Crippen molar-refractivity contribution >= 4 is 10.1 Å². The molecule has 1 aliphatic heterocycles. The third kappa shape index (κ3) is 3.95. The van der Waals surface area contributed by atoms with E-state index in [4.69, 9.17) is 14.5 Å². The number of nitrogens with zero attached hydrogens (tertiary/aromatic N) is 3. The Morgan fingerprint density at radius 2 is 2.14 bits per heavy atom. The zero-order valence-electron chi connectivity index (χ0n) is 11.9. The molecule has 0 aromatic heterocycles. The minimum Gasteiger partial charge on any atom is -0.375 e. The lowest BCUT2D eigenvalue weighted by Gasteiger charge is -2.30. The van der Waals surface area contributed by atoms with Gasteiger partial charge in [0.05, 0.1) is 23.6 Å². The van der Waals surface area contributed by atoms with E-state index in [0.717, 1.165) is 5.56 Å². The predicted molar refractivity (Wildman–Crippen MR) is 76.5 cm³/mol. The van der Waals surface area contributed by atoms with Gasteiger partial charge in [0.25, 0.3) is 10.1 Å². The summed E-state index contributed by atoms with van der Waals surface area (Å²) in [5, 5.41) is 3.34. The molecule has 120 valence electrons. The molecule has 0 radical (unpaired) electrons. The summed E-state index contributed by atoms with van der Waals surface area (Å²) in [7, 11) is -3.97. The second-order valence-corrected chi connectivity index (χ2v) is 6.58. The molecule has 1 saturated heterocycles. The van der Waals surface area contributed by atoms with Gasteiger partial charge in [-0.2, -0.15) is 8.42 Å². The SMILES string of the molecule is Cc1ccc(S(=O)(=O)OC[C@H]2OCC[C@H](F)[C@H]2N=[N+]=[N-])cc1. The summed E-state index contributed by atoms with van der Waals surface area (Å²) in [5.41, 5.74) is 9.38. The van der Waals surface area contributed by atoms with E-state index in [1.807, 2.05) is 6.92 Å². The lowest BCUT2D eigenvalue weighted by atomic mass is 10.0. The molecule has 0 spiro atoms. The van der Waals surface area contributed by atoms with Crippen molar-refractivity contribution in [2.24, 2.45) is 5.11 Å². The van der Waals surface area contributed by atoms with Crippen LogP contribution in [-0.2, 0) is 19.0 Å². The van der Waals surface area contributed by atoms with Crippen LogP contribution in [0.25, 0.3) is 10.4 Å². The molecule has 0 unspecified atom stereocenters. The van der Waals surface area contributed by atoms with Crippen molar-refractivity contribution < 1.29 is 21.7 Å². The highest BCUT2D eigenvalue weighted by Gasteiger charge is 2.35. The van der Waals surface area contributed by atoms with Gasteiger partial charge in [0.15, 0.2) is 0 Å². The topological polar surface area (TPSA) is 101 Å². The van der Waals surface area contributed by atoms with Crippen LogP contribution in [0.4, 0.5) is 4.39 Å². The number of aryl methyl sites for hydroxylation is 1. The van der Waals surface area contributed by atoms with Gasteiger partial charge in [-0.3, -0.25) is 4.18 Å². The van der Waals surface area contributed by atoms with E-state index in [1.54, 1.807) is 12.1 Å². The molecular weight excluding hydrogens is 313 g/mol. The maximum atomic E-state index is 13.7. The number of halogens is 1. The summed E-state index contributed by atoms with van der Waals surface area (Å²) in [4.78, 5) is 2.58. The van der Waals surface area contributed by atoms with E-state index in [-0.39, 0.29) is 17.9 Å². The van der Waals surface area contributed by atoms with E-state index in [0.29, 0.717) is 0 Å². The fraction of sp³-hybridized carbons (Fsp3) is 0.538. The fourth-order valence-electron chi connectivity index (χ4n) is 2.12. The van der Waals surface area contributed by atoms with Gasteiger partial charge in [-0.15, -0.1) is 0 Å². The van der Waals surface area contributed by atoms with E-state index >= 15 is 0 Å². The van der Waals surface area contributed by atoms with E-state index in [9.17, 15) is 12.8 Å². The Morgan fingerprint density at radius 1 is 1.45 bits per heavy atom. The molecule has 0 bridgehead atoms. The molecule has 0 saturated carbocycles. The number of ether oxygens (including phenoxy) is 1. The molecule has 1 aliphatic rings. The third-order valence-electron chi connectivity index (χ3n) is 3.36. The van der Waals surface area contributed by atoms with Crippen LogP contribution in [0.3, 0.4) is 0 Å². The Hall–Kier alpha value is -1.67. The van der Waals surface area contributed by atoms with Gasteiger partial charge >= 0.3 is 0 Å². The van der Waals surface area contributed by atoms with E-state index in [2.05, 4.69) is 10.0 Å². The van der Waals surface area contributed by atoms with Gasteiger partial charge in [-0.05, 0) is 24.6 Å². The molecule has 22 heavy (non-hydrogen) atoms. The first-order valence-electron chi connectivity index (χ1n) is 6.70.